The third-order valence-electron chi connectivity index (χ3n) is 4.05. The fraction of sp³-hybridized carbons (Fsp3) is 0.611. The molecule has 146 valence electrons. The van der Waals surface area contributed by atoms with Crippen LogP contribution in [-0.4, -0.2) is 56.4 Å². The summed E-state index contributed by atoms with van der Waals surface area (Å²) in [6.45, 7) is 11.1. The lowest BCUT2D eigenvalue weighted by Crippen LogP contribution is -2.50. The summed E-state index contributed by atoms with van der Waals surface area (Å²) in [7, 11) is -3.42. The number of sulfonamides is 1. The number of hydrogen-bond acceptors (Lipinski definition) is 5. The van der Waals surface area contributed by atoms with E-state index in [0.717, 1.165) is 5.69 Å². The predicted octanol–water partition coefficient (Wildman–Crippen LogP) is 2.89. The van der Waals surface area contributed by atoms with Crippen LogP contribution >= 0.6 is 0 Å². The minimum atomic E-state index is -3.42. The van der Waals surface area contributed by atoms with E-state index in [4.69, 9.17) is 4.74 Å². The van der Waals surface area contributed by atoms with E-state index in [-0.39, 0.29) is 6.09 Å². The number of carbonyl (C=O) groups excluding carboxylic acids is 1. The van der Waals surface area contributed by atoms with E-state index in [0.29, 0.717) is 31.9 Å². The highest BCUT2D eigenvalue weighted by atomic mass is 32.2. The first kappa shape index (κ1) is 20.4. The smallest absolute Gasteiger partial charge is 0.410 e. The molecule has 0 radical (unpaired) electrons. The average Bonchev–Trinajstić information content (AvgIpc) is 2.53. The van der Waals surface area contributed by atoms with E-state index in [2.05, 4.69) is 9.62 Å². The van der Waals surface area contributed by atoms with Gasteiger partial charge in [0.1, 0.15) is 5.60 Å². The molecule has 0 aliphatic carbocycles. The van der Waals surface area contributed by atoms with Crippen LogP contribution in [0.5, 0.6) is 0 Å². The summed E-state index contributed by atoms with van der Waals surface area (Å²) in [5.74, 6) is 0. The Hall–Kier alpha value is -1.96. The van der Waals surface area contributed by atoms with Gasteiger partial charge in [-0.3, -0.25) is 4.72 Å². The van der Waals surface area contributed by atoms with Gasteiger partial charge in [-0.1, -0.05) is 12.1 Å². The van der Waals surface area contributed by atoms with Crippen LogP contribution in [0.3, 0.4) is 0 Å². The van der Waals surface area contributed by atoms with Crippen molar-refractivity contribution in [2.75, 3.05) is 35.8 Å². The number of carbonyl (C=O) groups is 1. The molecule has 8 heteroatoms. The highest BCUT2D eigenvalue weighted by Crippen LogP contribution is 2.28. The molecule has 1 amide bonds. The molecule has 1 fully saturated rings. The Morgan fingerprint density at radius 1 is 1.12 bits per heavy atom. The van der Waals surface area contributed by atoms with E-state index in [1.54, 1.807) is 30.9 Å². The second-order valence-electron chi connectivity index (χ2n) is 7.67. The lowest BCUT2D eigenvalue weighted by Gasteiger charge is -2.37. The number of anilines is 2. The lowest BCUT2D eigenvalue weighted by molar-refractivity contribution is 0.0240. The molecule has 1 aromatic carbocycles. The Kier molecular flexibility index (Phi) is 6.05. The molecule has 1 aliphatic rings. The molecule has 1 aromatic rings. The zero-order valence-electron chi connectivity index (χ0n) is 16.2. The Morgan fingerprint density at radius 3 is 2.23 bits per heavy atom. The number of hydrogen-bond donors (Lipinski definition) is 1. The summed E-state index contributed by atoms with van der Waals surface area (Å²) < 4.78 is 32.5. The third kappa shape index (κ3) is 5.27. The van der Waals surface area contributed by atoms with Crippen molar-refractivity contribution in [3.05, 3.63) is 24.3 Å². The Labute approximate surface area is 156 Å². The maximum absolute atomic E-state index is 12.2. The summed E-state index contributed by atoms with van der Waals surface area (Å²) in [4.78, 5) is 15.9. The number of para-hydroxylation sites is 2. The number of ether oxygens (including phenoxy) is 1. The zero-order chi connectivity index (χ0) is 19.5. The summed E-state index contributed by atoms with van der Waals surface area (Å²) in [5, 5.41) is -0.514. The van der Waals surface area contributed by atoms with Gasteiger partial charge in [0.2, 0.25) is 10.0 Å². The molecule has 7 nitrogen and oxygen atoms in total. The first-order valence-electron chi connectivity index (χ1n) is 8.83. The van der Waals surface area contributed by atoms with Crippen LogP contribution < -0.4 is 9.62 Å². The van der Waals surface area contributed by atoms with Crippen molar-refractivity contribution in [3.8, 4) is 0 Å². The highest BCUT2D eigenvalue weighted by Gasteiger charge is 2.27. The van der Waals surface area contributed by atoms with E-state index < -0.39 is 20.9 Å². The molecule has 0 saturated carbocycles. The van der Waals surface area contributed by atoms with Gasteiger partial charge >= 0.3 is 6.09 Å². The summed E-state index contributed by atoms with van der Waals surface area (Å²) in [5.41, 5.74) is 0.864. The predicted molar refractivity (Wildman–Crippen MR) is 104 cm³/mol. The number of piperazine rings is 1. The van der Waals surface area contributed by atoms with Gasteiger partial charge in [-0.15, -0.1) is 0 Å². The summed E-state index contributed by atoms with van der Waals surface area (Å²) in [6.07, 6.45) is -0.314. The van der Waals surface area contributed by atoms with Gasteiger partial charge in [-0.2, -0.15) is 0 Å². The SMILES string of the molecule is CC(C)S(=O)(=O)Nc1ccccc1N1CCN(C(=O)OC(C)(C)C)CC1. The molecule has 0 spiro atoms. The van der Waals surface area contributed by atoms with Crippen LogP contribution in [-0.2, 0) is 14.8 Å². The number of benzene rings is 1. The molecular weight excluding hydrogens is 354 g/mol. The summed E-state index contributed by atoms with van der Waals surface area (Å²) >= 11 is 0. The largest absolute Gasteiger partial charge is 0.444 e. The van der Waals surface area contributed by atoms with Gasteiger partial charge in [0.25, 0.3) is 0 Å². The molecule has 0 aromatic heterocycles. The van der Waals surface area contributed by atoms with Crippen molar-refractivity contribution in [2.45, 2.75) is 45.5 Å². The monoisotopic (exact) mass is 383 g/mol. The molecule has 1 heterocycles. The molecule has 0 unspecified atom stereocenters. The molecular formula is C18H29N3O4S. The van der Waals surface area contributed by atoms with Crippen LogP contribution in [0.25, 0.3) is 0 Å². The third-order valence-corrected chi connectivity index (χ3v) is 5.79. The van der Waals surface area contributed by atoms with Gasteiger partial charge < -0.3 is 14.5 Å². The van der Waals surface area contributed by atoms with Crippen molar-refractivity contribution < 1.29 is 17.9 Å². The van der Waals surface area contributed by atoms with Crippen LogP contribution in [0.2, 0.25) is 0 Å². The standard InChI is InChI=1S/C18H29N3O4S/c1-14(2)26(23,24)19-15-8-6-7-9-16(15)20-10-12-21(13-11-20)17(22)25-18(3,4)5/h6-9,14,19H,10-13H2,1-5H3. The van der Waals surface area contributed by atoms with Gasteiger partial charge in [-0.05, 0) is 46.8 Å². The van der Waals surface area contributed by atoms with Gasteiger partial charge in [0.15, 0.2) is 0 Å². The Bertz CT molecular complexity index is 733. The number of nitrogens with one attached hydrogen (secondary N) is 1. The molecule has 1 saturated heterocycles. The zero-order valence-corrected chi connectivity index (χ0v) is 17.0. The minimum absolute atomic E-state index is 0.314. The molecule has 0 atom stereocenters. The number of amides is 1. The van der Waals surface area contributed by atoms with Crippen molar-refractivity contribution in [1.82, 2.24) is 4.90 Å². The normalized spacial score (nSPS) is 15.9. The van der Waals surface area contributed by atoms with Crippen molar-refractivity contribution in [2.24, 2.45) is 0 Å². The second-order valence-corrected chi connectivity index (χ2v) is 9.90. The van der Waals surface area contributed by atoms with Gasteiger partial charge in [-0.25, -0.2) is 13.2 Å². The number of rotatable bonds is 4. The first-order valence-corrected chi connectivity index (χ1v) is 10.4. The van der Waals surface area contributed by atoms with Crippen LogP contribution in [0.15, 0.2) is 24.3 Å². The van der Waals surface area contributed by atoms with E-state index in [9.17, 15) is 13.2 Å². The molecule has 1 N–H and O–H groups in total. The minimum Gasteiger partial charge on any atom is -0.444 e. The maximum atomic E-state index is 12.2. The molecule has 0 bridgehead atoms. The van der Waals surface area contributed by atoms with E-state index in [1.165, 1.54) is 0 Å². The van der Waals surface area contributed by atoms with Crippen molar-refractivity contribution in [1.29, 1.82) is 0 Å². The topological polar surface area (TPSA) is 79.0 Å². The number of nitrogens with zero attached hydrogens (tertiary/aromatic N) is 2. The second kappa shape index (κ2) is 7.73. The average molecular weight is 384 g/mol. The fourth-order valence-corrected chi connectivity index (χ4v) is 3.28. The highest BCUT2D eigenvalue weighted by molar-refractivity contribution is 7.93. The van der Waals surface area contributed by atoms with Crippen molar-refractivity contribution >= 4 is 27.5 Å². The van der Waals surface area contributed by atoms with Crippen LogP contribution in [0, 0.1) is 0 Å². The van der Waals surface area contributed by atoms with Gasteiger partial charge in [0.05, 0.1) is 16.6 Å². The van der Waals surface area contributed by atoms with E-state index in [1.807, 2.05) is 32.9 Å². The van der Waals surface area contributed by atoms with E-state index >= 15 is 0 Å². The fourth-order valence-electron chi connectivity index (χ4n) is 2.56. The lowest BCUT2D eigenvalue weighted by atomic mass is 10.2. The first-order chi connectivity index (χ1) is 12.0. The molecule has 1 aliphatic heterocycles. The van der Waals surface area contributed by atoms with Gasteiger partial charge in [0, 0.05) is 26.2 Å². The van der Waals surface area contributed by atoms with Crippen LogP contribution in [0.1, 0.15) is 34.6 Å². The molecule has 2 rings (SSSR count). The van der Waals surface area contributed by atoms with Crippen LogP contribution in [0.4, 0.5) is 16.2 Å². The Balaban J connectivity index is 2.07. The maximum Gasteiger partial charge on any atom is 0.410 e. The summed E-state index contributed by atoms with van der Waals surface area (Å²) in [6, 6.07) is 7.33. The van der Waals surface area contributed by atoms with Crippen molar-refractivity contribution in [3.63, 3.8) is 0 Å². The quantitative estimate of drug-likeness (QED) is 0.865. The Morgan fingerprint density at radius 2 is 1.69 bits per heavy atom. The molecule has 26 heavy (non-hydrogen) atoms.